The summed E-state index contributed by atoms with van der Waals surface area (Å²) in [5.41, 5.74) is 2.14. The van der Waals surface area contributed by atoms with Crippen molar-refractivity contribution >= 4 is 5.91 Å². The van der Waals surface area contributed by atoms with Crippen LogP contribution in [-0.4, -0.2) is 36.4 Å². The summed E-state index contributed by atoms with van der Waals surface area (Å²) in [6.45, 7) is 1.64. The van der Waals surface area contributed by atoms with Gasteiger partial charge in [-0.25, -0.2) is 0 Å². The molecule has 2 unspecified atom stereocenters. The fourth-order valence-electron chi connectivity index (χ4n) is 3.02. The van der Waals surface area contributed by atoms with Crippen molar-refractivity contribution in [2.45, 2.75) is 38.0 Å². The zero-order chi connectivity index (χ0) is 18.2. The Morgan fingerprint density at radius 1 is 1.12 bits per heavy atom. The molecule has 2 atom stereocenters. The molecule has 138 valence electrons. The van der Waals surface area contributed by atoms with Crippen molar-refractivity contribution in [1.82, 2.24) is 5.32 Å². The molecule has 0 aromatic heterocycles. The van der Waals surface area contributed by atoms with Gasteiger partial charge in [-0.15, -0.1) is 0 Å². The van der Waals surface area contributed by atoms with E-state index >= 15 is 0 Å². The quantitative estimate of drug-likeness (QED) is 0.801. The van der Waals surface area contributed by atoms with Crippen molar-refractivity contribution in [2.24, 2.45) is 0 Å². The zero-order valence-electron chi connectivity index (χ0n) is 14.8. The number of hydrogen-bond acceptors (Lipinski definition) is 4. The number of amides is 1. The first-order chi connectivity index (χ1) is 12.7. The van der Waals surface area contributed by atoms with Gasteiger partial charge in [0, 0.05) is 13.0 Å². The van der Waals surface area contributed by atoms with Crippen LogP contribution in [0.1, 0.15) is 24.0 Å². The molecule has 26 heavy (non-hydrogen) atoms. The lowest BCUT2D eigenvalue weighted by Crippen LogP contribution is -2.50. The lowest BCUT2D eigenvalue weighted by Gasteiger charge is -2.32. The number of rotatable bonds is 7. The van der Waals surface area contributed by atoms with Crippen LogP contribution in [0.4, 0.5) is 0 Å². The van der Waals surface area contributed by atoms with E-state index in [1.807, 2.05) is 42.5 Å². The van der Waals surface area contributed by atoms with Crippen LogP contribution >= 0.6 is 0 Å². The molecule has 0 spiro atoms. The van der Waals surface area contributed by atoms with E-state index in [-0.39, 0.29) is 23.8 Å². The first kappa shape index (κ1) is 18.4. The minimum absolute atomic E-state index is 0.0123. The molecule has 1 amide bonds. The SMILES string of the molecule is O=C(CCc1ccc(O)cc1)NC1CCOCC1OCc1ccccc1. The van der Waals surface area contributed by atoms with Gasteiger partial charge in [0.1, 0.15) is 11.9 Å². The van der Waals surface area contributed by atoms with Crippen LogP contribution in [0.3, 0.4) is 0 Å². The molecule has 1 aliphatic rings. The average molecular weight is 355 g/mol. The first-order valence-electron chi connectivity index (χ1n) is 9.01. The second-order valence-corrected chi connectivity index (χ2v) is 6.54. The number of nitrogens with one attached hydrogen (secondary N) is 1. The second kappa shape index (κ2) is 9.36. The molecule has 3 rings (SSSR count). The number of carbonyl (C=O) groups is 1. The molecule has 2 aromatic carbocycles. The molecular weight excluding hydrogens is 330 g/mol. The summed E-state index contributed by atoms with van der Waals surface area (Å²) in [6.07, 6.45) is 1.67. The number of phenols is 1. The van der Waals surface area contributed by atoms with E-state index in [4.69, 9.17) is 9.47 Å². The predicted octanol–water partition coefficient (Wildman–Crippen LogP) is 2.82. The normalized spacial score (nSPS) is 19.8. The highest BCUT2D eigenvalue weighted by molar-refractivity contribution is 5.76. The summed E-state index contributed by atoms with van der Waals surface area (Å²) >= 11 is 0. The van der Waals surface area contributed by atoms with E-state index in [1.54, 1.807) is 12.1 Å². The number of benzene rings is 2. The summed E-state index contributed by atoms with van der Waals surface area (Å²) in [4.78, 5) is 12.3. The minimum Gasteiger partial charge on any atom is -0.508 e. The van der Waals surface area contributed by atoms with E-state index in [0.717, 1.165) is 17.5 Å². The molecule has 1 fully saturated rings. The highest BCUT2D eigenvalue weighted by Crippen LogP contribution is 2.15. The molecule has 5 heteroatoms. The van der Waals surface area contributed by atoms with Crippen LogP contribution in [-0.2, 0) is 27.3 Å². The number of carbonyl (C=O) groups excluding carboxylic acids is 1. The number of hydrogen-bond donors (Lipinski definition) is 2. The maximum absolute atomic E-state index is 12.3. The molecule has 5 nitrogen and oxygen atoms in total. The topological polar surface area (TPSA) is 67.8 Å². The highest BCUT2D eigenvalue weighted by atomic mass is 16.5. The Balaban J connectivity index is 1.47. The molecule has 0 aliphatic carbocycles. The molecule has 0 saturated carbocycles. The molecule has 1 aliphatic heterocycles. The number of aromatic hydroxyl groups is 1. The zero-order valence-corrected chi connectivity index (χ0v) is 14.8. The lowest BCUT2D eigenvalue weighted by atomic mass is 10.0. The monoisotopic (exact) mass is 355 g/mol. The van der Waals surface area contributed by atoms with Gasteiger partial charge < -0.3 is 19.9 Å². The van der Waals surface area contributed by atoms with Crippen molar-refractivity contribution in [1.29, 1.82) is 0 Å². The van der Waals surface area contributed by atoms with Crippen molar-refractivity contribution in [3.8, 4) is 5.75 Å². The molecule has 0 bridgehead atoms. The van der Waals surface area contributed by atoms with Crippen molar-refractivity contribution in [3.05, 3.63) is 65.7 Å². The summed E-state index contributed by atoms with van der Waals surface area (Å²) < 4.78 is 11.5. The summed E-state index contributed by atoms with van der Waals surface area (Å²) in [7, 11) is 0. The maximum Gasteiger partial charge on any atom is 0.220 e. The van der Waals surface area contributed by atoms with Gasteiger partial charge in [0.25, 0.3) is 0 Å². The van der Waals surface area contributed by atoms with Crippen LogP contribution in [0.25, 0.3) is 0 Å². The van der Waals surface area contributed by atoms with Crippen molar-refractivity contribution in [2.75, 3.05) is 13.2 Å². The Hall–Kier alpha value is -2.37. The molecular formula is C21H25NO4. The van der Waals surface area contributed by atoms with Gasteiger partial charge in [0.05, 0.1) is 19.3 Å². The number of aryl methyl sites for hydroxylation is 1. The fraction of sp³-hybridized carbons (Fsp3) is 0.381. The Bertz CT molecular complexity index is 687. The Morgan fingerprint density at radius 3 is 2.65 bits per heavy atom. The third-order valence-corrected chi connectivity index (χ3v) is 4.53. The smallest absolute Gasteiger partial charge is 0.220 e. The average Bonchev–Trinajstić information content (AvgIpc) is 2.68. The van der Waals surface area contributed by atoms with E-state index in [1.165, 1.54) is 0 Å². The van der Waals surface area contributed by atoms with Gasteiger partial charge in [0.15, 0.2) is 0 Å². The highest BCUT2D eigenvalue weighted by Gasteiger charge is 2.27. The van der Waals surface area contributed by atoms with Gasteiger partial charge in [0.2, 0.25) is 5.91 Å². The standard InChI is InChI=1S/C21H25NO4/c23-18-9-6-16(7-10-18)8-11-21(24)22-19-12-13-25-15-20(19)26-14-17-4-2-1-3-5-17/h1-7,9-10,19-20,23H,8,11-15H2,(H,22,24). The predicted molar refractivity (Wildman–Crippen MR) is 98.8 cm³/mol. The van der Waals surface area contributed by atoms with E-state index < -0.39 is 0 Å². The number of ether oxygens (including phenoxy) is 2. The molecule has 1 saturated heterocycles. The van der Waals surface area contributed by atoms with Crippen LogP contribution in [0, 0.1) is 0 Å². The summed E-state index contributed by atoms with van der Waals surface area (Å²) in [5.74, 6) is 0.247. The van der Waals surface area contributed by atoms with Crippen LogP contribution in [0.15, 0.2) is 54.6 Å². The van der Waals surface area contributed by atoms with Gasteiger partial charge in [-0.1, -0.05) is 42.5 Å². The van der Waals surface area contributed by atoms with Gasteiger partial charge >= 0.3 is 0 Å². The van der Waals surface area contributed by atoms with E-state index in [9.17, 15) is 9.90 Å². The first-order valence-corrected chi connectivity index (χ1v) is 9.01. The Morgan fingerprint density at radius 2 is 1.88 bits per heavy atom. The molecule has 0 radical (unpaired) electrons. The van der Waals surface area contributed by atoms with E-state index in [2.05, 4.69) is 5.32 Å². The third-order valence-electron chi connectivity index (χ3n) is 4.53. The molecule has 2 aromatic rings. The van der Waals surface area contributed by atoms with Crippen LogP contribution in [0.5, 0.6) is 5.75 Å². The van der Waals surface area contributed by atoms with Crippen molar-refractivity contribution in [3.63, 3.8) is 0 Å². The molecule has 2 N–H and O–H groups in total. The van der Waals surface area contributed by atoms with Gasteiger partial charge in [-0.3, -0.25) is 4.79 Å². The Labute approximate surface area is 153 Å². The Kier molecular flexibility index (Phi) is 6.63. The second-order valence-electron chi connectivity index (χ2n) is 6.54. The lowest BCUT2D eigenvalue weighted by molar-refractivity contribution is -0.126. The molecule has 1 heterocycles. The summed E-state index contributed by atoms with van der Waals surface area (Å²) in [6, 6.07) is 16.9. The van der Waals surface area contributed by atoms with Gasteiger partial charge in [-0.2, -0.15) is 0 Å². The minimum atomic E-state index is -0.137. The van der Waals surface area contributed by atoms with Crippen LogP contribution < -0.4 is 5.32 Å². The largest absolute Gasteiger partial charge is 0.508 e. The van der Waals surface area contributed by atoms with E-state index in [0.29, 0.717) is 32.7 Å². The number of phenolic OH excluding ortho intramolecular Hbond substituents is 1. The fourth-order valence-corrected chi connectivity index (χ4v) is 3.02. The maximum atomic E-state index is 12.3. The summed E-state index contributed by atoms with van der Waals surface area (Å²) in [5, 5.41) is 12.4. The third kappa shape index (κ3) is 5.58. The van der Waals surface area contributed by atoms with Gasteiger partial charge in [-0.05, 0) is 36.1 Å². The van der Waals surface area contributed by atoms with Crippen molar-refractivity contribution < 1.29 is 19.4 Å². The van der Waals surface area contributed by atoms with Crippen LogP contribution in [0.2, 0.25) is 0 Å².